The van der Waals surface area contributed by atoms with Crippen molar-refractivity contribution in [2.24, 2.45) is 0 Å². The molecule has 0 spiro atoms. The van der Waals surface area contributed by atoms with Crippen molar-refractivity contribution in [1.82, 2.24) is 4.98 Å². The maximum Gasteiger partial charge on any atom is 0.355 e. The molecule has 19 heavy (non-hydrogen) atoms. The first kappa shape index (κ1) is 12.4. The van der Waals surface area contributed by atoms with Crippen molar-refractivity contribution in [3.8, 4) is 0 Å². The van der Waals surface area contributed by atoms with Gasteiger partial charge in [-0.2, -0.15) is 0 Å². The van der Waals surface area contributed by atoms with Gasteiger partial charge in [0.25, 0.3) is 0 Å². The summed E-state index contributed by atoms with van der Waals surface area (Å²) in [6.07, 6.45) is 3.31. The minimum atomic E-state index is -0.927. The summed E-state index contributed by atoms with van der Waals surface area (Å²) in [6, 6.07) is 8.43. The number of carbonyl (C=O) groups is 1. The smallest absolute Gasteiger partial charge is 0.355 e. The molecule has 1 unspecified atom stereocenters. The van der Waals surface area contributed by atoms with E-state index in [0.717, 1.165) is 29.1 Å². The Kier molecular flexibility index (Phi) is 3.11. The lowest BCUT2D eigenvalue weighted by atomic mass is 9.83. The number of carboxylic acids is 1. The lowest BCUT2D eigenvalue weighted by Crippen LogP contribution is -2.11. The number of benzene rings is 1. The predicted octanol–water partition coefficient (Wildman–Crippen LogP) is 3.62. The number of thiazole rings is 1. The third kappa shape index (κ3) is 2.16. The van der Waals surface area contributed by atoms with Gasteiger partial charge in [0.15, 0.2) is 5.69 Å². The van der Waals surface area contributed by atoms with E-state index in [-0.39, 0.29) is 11.6 Å². The van der Waals surface area contributed by atoms with Gasteiger partial charge in [0.05, 0.1) is 0 Å². The molecule has 0 bridgehead atoms. The zero-order valence-electron chi connectivity index (χ0n) is 10.7. The molecule has 0 fully saturated rings. The van der Waals surface area contributed by atoms with Crippen molar-refractivity contribution in [3.05, 3.63) is 51.0 Å². The minimum absolute atomic E-state index is 0.211. The van der Waals surface area contributed by atoms with E-state index in [4.69, 9.17) is 5.11 Å². The zero-order chi connectivity index (χ0) is 13.4. The highest BCUT2D eigenvalue weighted by molar-refractivity contribution is 7.12. The largest absolute Gasteiger partial charge is 0.476 e. The molecule has 3 nitrogen and oxygen atoms in total. The average molecular weight is 273 g/mol. The molecular weight excluding hydrogens is 258 g/mol. The molecule has 1 aliphatic rings. The van der Waals surface area contributed by atoms with E-state index in [1.807, 2.05) is 6.92 Å². The molecular formula is C15H15NO2S. The normalized spacial score (nSPS) is 18.1. The van der Waals surface area contributed by atoms with E-state index in [1.54, 1.807) is 0 Å². The van der Waals surface area contributed by atoms with E-state index in [1.165, 1.54) is 22.5 Å². The molecule has 0 aliphatic heterocycles. The molecule has 0 amide bonds. The van der Waals surface area contributed by atoms with E-state index in [9.17, 15) is 4.79 Å². The molecule has 1 aromatic carbocycles. The van der Waals surface area contributed by atoms with Gasteiger partial charge >= 0.3 is 5.97 Å². The highest BCUT2D eigenvalue weighted by atomic mass is 32.1. The summed E-state index contributed by atoms with van der Waals surface area (Å²) in [6.45, 7) is 1.83. The maximum absolute atomic E-state index is 11.1. The van der Waals surface area contributed by atoms with Crippen LogP contribution in [0.15, 0.2) is 24.3 Å². The van der Waals surface area contributed by atoms with Crippen LogP contribution >= 0.6 is 11.3 Å². The molecule has 0 radical (unpaired) electrons. The van der Waals surface area contributed by atoms with Gasteiger partial charge in [0.2, 0.25) is 0 Å². The topological polar surface area (TPSA) is 50.2 Å². The molecule has 1 heterocycles. The van der Waals surface area contributed by atoms with Crippen LogP contribution in [0.1, 0.15) is 50.3 Å². The van der Waals surface area contributed by atoms with E-state index >= 15 is 0 Å². The summed E-state index contributed by atoms with van der Waals surface area (Å²) in [7, 11) is 0. The van der Waals surface area contributed by atoms with Crippen LogP contribution in [0, 0.1) is 6.92 Å². The van der Waals surface area contributed by atoms with E-state index < -0.39 is 5.97 Å². The quantitative estimate of drug-likeness (QED) is 0.909. The molecule has 4 heteroatoms. The van der Waals surface area contributed by atoms with Crippen LogP contribution < -0.4 is 0 Å². The Bertz CT molecular complexity index is 633. The number of aromatic carboxylic acids is 1. The number of aromatic nitrogens is 1. The van der Waals surface area contributed by atoms with Crippen LogP contribution in [-0.2, 0) is 6.42 Å². The Morgan fingerprint density at radius 1 is 1.42 bits per heavy atom. The average Bonchev–Trinajstić information content (AvgIpc) is 2.80. The van der Waals surface area contributed by atoms with Crippen molar-refractivity contribution in [3.63, 3.8) is 0 Å². The standard InChI is InChI=1S/C15H15NO2S/c1-9-13(15(17)18)16-14(19-9)12-8-4-6-10-5-2-3-7-11(10)12/h2-3,5,7,12H,4,6,8H2,1H3,(H,17,18). The molecule has 1 N–H and O–H groups in total. The van der Waals surface area contributed by atoms with Crippen molar-refractivity contribution in [2.75, 3.05) is 0 Å². The molecule has 98 valence electrons. The first-order chi connectivity index (χ1) is 9.16. The minimum Gasteiger partial charge on any atom is -0.476 e. The van der Waals surface area contributed by atoms with Gasteiger partial charge < -0.3 is 5.11 Å². The lowest BCUT2D eigenvalue weighted by Gasteiger charge is -2.23. The molecule has 0 saturated heterocycles. The van der Waals surface area contributed by atoms with Crippen LogP contribution in [0.4, 0.5) is 0 Å². The first-order valence-electron chi connectivity index (χ1n) is 6.45. The second-order valence-electron chi connectivity index (χ2n) is 4.91. The predicted molar refractivity (Wildman–Crippen MR) is 75.0 cm³/mol. The Balaban J connectivity index is 2.04. The van der Waals surface area contributed by atoms with Crippen molar-refractivity contribution in [2.45, 2.75) is 32.1 Å². The van der Waals surface area contributed by atoms with E-state index in [2.05, 4.69) is 29.2 Å². The summed E-state index contributed by atoms with van der Waals surface area (Å²) in [5.74, 6) is -0.661. The Labute approximate surface area is 115 Å². The Morgan fingerprint density at radius 3 is 2.95 bits per heavy atom. The second kappa shape index (κ2) is 4.78. The SMILES string of the molecule is Cc1sc(C2CCCc3ccccc32)nc1C(=O)O. The molecule has 0 saturated carbocycles. The van der Waals surface area contributed by atoms with Crippen molar-refractivity contribution in [1.29, 1.82) is 0 Å². The summed E-state index contributed by atoms with van der Waals surface area (Å²) >= 11 is 1.52. The molecule has 1 atom stereocenters. The van der Waals surface area contributed by atoms with Crippen molar-refractivity contribution < 1.29 is 9.90 Å². The monoisotopic (exact) mass is 273 g/mol. The number of hydrogen-bond donors (Lipinski definition) is 1. The number of fused-ring (bicyclic) bond motifs is 1. The van der Waals surface area contributed by atoms with Crippen LogP contribution in [0.3, 0.4) is 0 Å². The second-order valence-corrected chi connectivity index (χ2v) is 6.14. The molecule has 1 aromatic heterocycles. The van der Waals surface area contributed by atoms with Gasteiger partial charge in [0.1, 0.15) is 5.01 Å². The molecule has 2 aromatic rings. The fourth-order valence-electron chi connectivity index (χ4n) is 2.77. The third-order valence-electron chi connectivity index (χ3n) is 3.68. The molecule has 1 aliphatic carbocycles. The summed E-state index contributed by atoms with van der Waals surface area (Å²) in [4.78, 5) is 16.3. The Morgan fingerprint density at radius 2 is 2.21 bits per heavy atom. The third-order valence-corrected chi connectivity index (χ3v) is 4.77. The van der Waals surface area contributed by atoms with Gasteiger partial charge in [-0.25, -0.2) is 9.78 Å². The highest BCUT2D eigenvalue weighted by Crippen LogP contribution is 2.38. The zero-order valence-corrected chi connectivity index (χ0v) is 11.5. The van der Waals surface area contributed by atoms with Crippen LogP contribution in [0.2, 0.25) is 0 Å². The van der Waals surface area contributed by atoms with Crippen molar-refractivity contribution >= 4 is 17.3 Å². The number of aryl methyl sites for hydroxylation is 2. The summed E-state index contributed by atoms with van der Waals surface area (Å²) in [5, 5.41) is 10.1. The van der Waals surface area contributed by atoms with Crippen LogP contribution in [0.5, 0.6) is 0 Å². The summed E-state index contributed by atoms with van der Waals surface area (Å²) in [5.41, 5.74) is 2.91. The van der Waals surface area contributed by atoms with Gasteiger partial charge in [-0.15, -0.1) is 11.3 Å². The van der Waals surface area contributed by atoms with E-state index in [0.29, 0.717) is 0 Å². The van der Waals surface area contributed by atoms with Crippen LogP contribution in [-0.4, -0.2) is 16.1 Å². The number of carboxylic acid groups (broad SMARTS) is 1. The summed E-state index contributed by atoms with van der Waals surface area (Å²) < 4.78 is 0. The van der Waals surface area contributed by atoms with Gasteiger partial charge in [-0.1, -0.05) is 24.3 Å². The number of nitrogens with zero attached hydrogens (tertiary/aromatic N) is 1. The Hall–Kier alpha value is -1.68. The number of hydrogen-bond acceptors (Lipinski definition) is 3. The van der Waals surface area contributed by atoms with Gasteiger partial charge in [0, 0.05) is 10.8 Å². The lowest BCUT2D eigenvalue weighted by molar-refractivity contribution is 0.0690. The van der Waals surface area contributed by atoms with Gasteiger partial charge in [-0.05, 0) is 37.3 Å². The van der Waals surface area contributed by atoms with Gasteiger partial charge in [-0.3, -0.25) is 0 Å². The number of rotatable bonds is 2. The molecule has 3 rings (SSSR count). The van der Waals surface area contributed by atoms with Crippen LogP contribution in [0.25, 0.3) is 0 Å². The fourth-order valence-corrected chi connectivity index (χ4v) is 3.84. The highest BCUT2D eigenvalue weighted by Gasteiger charge is 2.26. The fraction of sp³-hybridized carbons (Fsp3) is 0.333. The first-order valence-corrected chi connectivity index (χ1v) is 7.27. The maximum atomic E-state index is 11.1.